The Morgan fingerprint density at radius 3 is 2.81 bits per heavy atom. The van der Waals surface area contributed by atoms with Crippen LogP contribution in [0.2, 0.25) is 0 Å². The van der Waals surface area contributed by atoms with Gasteiger partial charge in [-0.25, -0.2) is 9.18 Å². The molecule has 0 atom stereocenters. The highest BCUT2D eigenvalue weighted by atomic mass is 19.1. The molecule has 0 saturated heterocycles. The fourth-order valence-corrected chi connectivity index (χ4v) is 3.22. The van der Waals surface area contributed by atoms with Crippen molar-refractivity contribution in [2.75, 3.05) is 30.9 Å². The number of ether oxygens (including phenoxy) is 1. The minimum absolute atomic E-state index is 0.0456. The van der Waals surface area contributed by atoms with Crippen molar-refractivity contribution in [1.29, 1.82) is 0 Å². The molecule has 0 spiro atoms. The third-order valence-electron chi connectivity index (χ3n) is 5.06. The van der Waals surface area contributed by atoms with Gasteiger partial charge in [-0.1, -0.05) is 30.6 Å². The van der Waals surface area contributed by atoms with Crippen LogP contribution in [0, 0.1) is 12.7 Å². The van der Waals surface area contributed by atoms with Crippen molar-refractivity contribution in [2.24, 2.45) is 0 Å². The smallest absolute Gasteiger partial charge is 0.330 e. The highest BCUT2D eigenvalue weighted by Crippen LogP contribution is 2.22. The predicted octanol–water partition coefficient (Wildman–Crippen LogP) is 2.07. The molecule has 3 N–H and O–H groups in total. The quantitative estimate of drug-likeness (QED) is 0.484. The summed E-state index contributed by atoms with van der Waals surface area (Å²) in [5, 5.41) is 3.92. The van der Waals surface area contributed by atoms with Gasteiger partial charge in [-0.3, -0.25) is 14.3 Å². The number of hydrogen-bond donors (Lipinski definition) is 2. The van der Waals surface area contributed by atoms with Gasteiger partial charge in [-0.15, -0.1) is 0 Å². The number of H-pyrrole nitrogens is 1. The molecular formula is C21H27FN6O4. The van der Waals surface area contributed by atoms with Gasteiger partial charge in [0.2, 0.25) is 11.7 Å². The summed E-state index contributed by atoms with van der Waals surface area (Å²) in [7, 11) is 1.53. The van der Waals surface area contributed by atoms with Crippen molar-refractivity contribution in [3.05, 3.63) is 56.3 Å². The molecule has 0 aliphatic heterocycles. The maximum absolute atomic E-state index is 13.9. The van der Waals surface area contributed by atoms with Gasteiger partial charge < -0.3 is 19.9 Å². The van der Waals surface area contributed by atoms with E-state index in [-0.39, 0.29) is 48.7 Å². The second kappa shape index (κ2) is 10.2. The second-order valence-electron chi connectivity index (χ2n) is 7.39. The second-order valence-corrected chi connectivity index (χ2v) is 7.39. The maximum Gasteiger partial charge on any atom is 0.330 e. The molecule has 32 heavy (non-hydrogen) atoms. The average molecular weight is 446 g/mol. The zero-order valence-corrected chi connectivity index (χ0v) is 18.4. The number of benzene rings is 1. The molecule has 0 unspecified atom stereocenters. The molecular weight excluding hydrogens is 419 g/mol. The highest BCUT2D eigenvalue weighted by molar-refractivity contribution is 5.62. The Morgan fingerprint density at radius 2 is 2.12 bits per heavy atom. The first-order valence-corrected chi connectivity index (χ1v) is 10.3. The van der Waals surface area contributed by atoms with Crippen molar-refractivity contribution >= 4 is 11.5 Å². The number of aromatic amines is 1. The van der Waals surface area contributed by atoms with E-state index in [1.165, 1.54) is 17.7 Å². The SMILES string of the molecule is CCCCn1c(N)c(N(CCOC)Cc2nc(-c3ccc(C)c(F)c3)no2)c(=O)[nH]c1=O. The van der Waals surface area contributed by atoms with Crippen molar-refractivity contribution in [3.63, 3.8) is 0 Å². The van der Waals surface area contributed by atoms with E-state index in [0.717, 1.165) is 12.8 Å². The molecule has 2 aromatic heterocycles. The van der Waals surface area contributed by atoms with Crippen LogP contribution in [0.25, 0.3) is 11.4 Å². The largest absolute Gasteiger partial charge is 0.383 e. The summed E-state index contributed by atoms with van der Waals surface area (Å²) in [6.45, 7) is 4.66. The van der Waals surface area contributed by atoms with E-state index >= 15 is 0 Å². The lowest BCUT2D eigenvalue weighted by molar-refractivity contribution is 0.204. The number of halogens is 1. The number of nitrogens with one attached hydrogen (secondary N) is 1. The molecule has 2 heterocycles. The molecule has 10 nitrogen and oxygen atoms in total. The number of hydrogen-bond acceptors (Lipinski definition) is 8. The van der Waals surface area contributed by atoms with Gasteiger partial charge in [0.1, 0.15) is 17.3 Å². The summed E-state index contributed by atoms with van der Waals surface area (Å²) in [4.78, 5) is 33.1. The molecule has 0 amide bonds. The number of nitrogen functional groups attached to an aromatic ring is 1. The highest BCUT2D eigenvalue weighted by Gasteiger charge is 2.21. The van der Waals surface area contributed by atoms with Crippen molar-refractivity contribution in [1.82, 2.24) is 19.7 Å². The third kappa shape index (κ3) is 5.05. The molecule has 3 aromatic rings. The van der Waals surface area contributed by atoms with E-state index in [2.05, 4.69) is 15.1 Å². The molecule has 1 aromatic carbocycles. The fourth-order valence-electron chi connectivity index (χ4n) is 3.22. The Kier molecular flexibility index (Phi) is 7.41. The number of anilines is 2. The van der Waals surface area contributed by atoms with Crippen LogP contribution in [0.4, 0.5) is 15.9 Å². The molecule has 0 fully saturated rings. The Balaban J connectivity index is 1.95. The van der Waals surface area contributed by atoms with Crippen molar-refractivity contribution in [3.8, 4) is 11.4 Å². The van der Waals surface area contributed by atoms with E-state index in [0.29, 0.717) is 17.7 Å². The van der Waals surface area contributed by atoms with E-state index in [9.17, 15) is 14.0 Å². The lowest BCUT2D eigenvalue weighted by atomic mass is 10.1. The number of aromatic nitrogens is 4. The van der Waals surface area contributed by atoms with Gasteiger partial charge in [0.05, 0.1) is 13.2 Å². The first-order valence-electron chi connectivity index (χ1n) is 10.3. The monoisotopic (exact) mass is 446 g/mol. The summed E-state index contributed by atoms with van der Waals surface area (Å²) in [6.07, 6.45) is 1.59. The molecule has 172 valence electrons. The molecule has 0 aliphatic carbocycles. The van der Waals surface area contributed by atoms with E-state index < -0.39 is 11.2 Å². The van der Waals surface area contributed by atoms with E-state index in [4.69, 9.17) is 15.0 Å². The molecule has 0 aliphatic rings. The lowest BCUT2D eigenvalue weighted by Gasteiger charge is -2.24. The predicted molar refractivity (Wildman–Crippen MR) is 118 cm³/mol. The number of nitrogens with zero attached hydrogens (tertiary/aromatic N) is 4. The zero-order valence-electron chi connectivity index (χ0n) is 18.4. The number of rotatable bonds is 10. The summed E-state index contributed by atoms with van der Waals surface area (Å²) in [5.74, 6) is 0.107. The van der Waals surface area contributed by atoms with E-state index in [1.54, 1.807) is 24.0 Å². The molecule has 11 heteroatoms. The maximum atomic E-state index is 13.9. The standard InChI is InChI=1S/C21H27FN6O4/c1-4-5-8-28-18(23)17(20(29)25-21(28)30)27(9-10-31-3)12-16-24-19(26-32-16)14-7-6-13(2)15(22)11-14/h6-7,11H,4-5,8-10,12,23H2,1-3H3,(H,25,29,30). The van der Waals surface area contributed by atoms with Crippen LogP contribution >= 0.6 is 0 Å². The fraction of sp³-hybridized carbons (Fsp3) is 0.429. The minimum Gasteiger partial charge on any atom is -0.383 e. The van der Waals surface area contributed by atoms with Crippen molar-refractivity contribution < 1.29 is 13.7 Å². The number of methoxy groups -OCH3 is 1. The van der Waals surface area contributed by atoms with Crippen LogP contribution in [0.3, 0.4) is 0 Å². The summed E-state index contributed by atoms with van der Waals surface area (Å²) in [6, 6.07) is 4.66. The van der Waals surface area contributed by atoms with Gasteiger partial charge in [-0.2, -0.15) is 4.98 Å². The summed E-state index contributed by atoms with van der Waals surface area (Å²) < 4.78 is 25.7. The first kappa shape index (κ1) is 23.2. The molecule has 0 saturated carbocycles. The Bertz CT molecular complexity index is 1190. The van der Waals surface area contributed by atoms with Crippen LogP contribution in [-0.2, 0) is 17.8 Å². The van der Waals surface area contributed by atoms with Gasteiger partial charge in [0.25, 0.3) is 5.56 Å². The van der Waals surface area contributed by atoms with Crippen LogP contribution in [0.5, 0.6) is 0 Å². The number of aryl methyl sites for hydroxylation is 1. The van der Waals surface area contributed by atoms with Crippen LogP contribution < -0.4 is 21.9 Å². The number of unbranched alkanes of at least 4 members (excludes halogenated alkanes) is 1. The topological polar surface area (TPSA) is 132 Å². The molecule has 0 bridgehead atoms. The van der Waals surface area contributed by atoms with Gasteiger partial charge in [0.15, 0.2) is 0 Å². The normalized spacial score (nSPS) is 11.1. The van der Waals surface area contributed by atoms with Gasteiger partial charge in [0, 0.05) is 25.8 Å². The Morgan fingerprint density at radius 1 is 1.34 bits per heavy atom. The minimum atomic E-state index is -0.614. The average Bonchev–Trinajstić information content (AvgIpc) is 3.22. The summed E-state index contributed by atoms with van der Waals surface area (Å²) >= 11 is 0. The van der Waals surface area contributed by atoms with Crippen LogP contribution in [-0.4, -0.2) is 40.0 Å². The van der Waals surface area contributed by atoms with Gasteiger partial charge >= 0.3 is 5.69 Å². The van der Waals surface area contributed by atoms with Gasteiger partial charge in [-0.05, 0) is 25.0 Å². The van der Waals surface area contributed by atoms with Crippen LogP contribution in [0.15, 0.2) is 32.3 Å². The molecule has 0 radical (unpaired) electrons. The van der Waals surface area contributed by atoms with Crippen LogP contribution in [0.1, 0.15) is 31.2 Å². The van der Waals surface area contributed by atoms with Crippen molar-refractivity contribution in [2.45, 2.75) is 39.8 Å². The lowest BCUT2D eigenvalue weighted by Crippen LogP contribution is -2.39. The summed E-state index contributed by atoms with van der Waals surface area (Å²) in [5.41, 5.74) is 6.16. The third-order valence-corrected chi connectivity index (χ3v) is 5.06. The Labute approximate surface area is 183 Å². The zero-order chi connectivity index (χ0) is 23.3. The number of nitrogens with two attached hydrogens (primary N) is 1. The van der Waals surface area contributed by atoms with E-state index in [1.807, 2.05) is 6.92 Å². The first-order chi connectivity index (χ1) is 15.3. The molecule has 3 rings (SSSR count). The Hall–Kier alpha value is -3.47.